The van der Waals surface area contributed by atoms with Crippen LogP contribution in [0.5, 0.6) is 0 Å². The molecular formula is C8H8N3Y-. The molecule has 0 bridgehead atoms. The SMILES string of the molecule is Cc1ccc2n[c-]c(C)n2n1.[Y]. The van der Waals surface area contributed by atoms with E-state index in [1.54, 1.807) is 4.52 Å². The number of rotatable bonds is 0. The van der Waals surface area contributed by atoms with Crippen LogP contribution in [-0.2, 0) is 32.7 Å². The number of hydrogen-bond donors (Lipinski definition) is 0. The van der Waals surface area contributed by atoms with Crippen LogP contribution in [0.15, 0.2) is 12.1 Å². The van der Waals surface area contributed by atoms with Crippen LogP contribution in [0.3, 0.4) is 0 Å². The topological polar surface area (TPSA) is 30.2 Å². The van der Waals surface area contributed by atoms with Crippen LogP contribution in [0, 0.1) is 20.0 Å². The summed E-state index contributed by atoms with van der Waals surface area (Å²) in [5.74, 6) is 0. The fourth-order valence-corrected chi connectivity index (χ4v) is 1.03. The number of hydrogen-bond acceptors (Lipinski definition) is 2. The maximum atomic E-state index is 4.26. The molecule has 0 fully saturated rings. The molecule has 2 heterocycles. The Bertz CT molecular complexity index is 394. The van der Waals surface area contributed by atoms with Crippen LogP contribution in [0.25, 0.3) is 5.65 Å². The first-order chi connectivity index (χ1) is 5.27. The van der Waals surface area contributed by atoms with Crippen molar-refractivity contribution in [3.8, 4) is 0 Å². The summed E-state index contributed by atoms with van der Waals surface area (Å²) in [4.78, 5) is 4.03. The van der Waals surface area contributed by atoms with Gasteiger partial charge in [0, 0.05) is 32.7 Å². The number of aryl methyl sites for hydroxylation is 2. The van der Waals surface area contributed by atoms with Gasteiger partial charge in [-0.2, -0.15) is 5.10 Å². The number of aromatic nitrogens is 3. The fourth-order valence-electron chi connectivity index (χ4n) is 1.03. The van der Waals surface area contributed by atoms with E-state index < -0.39 is 0 Å². The van der Waals surface area contributed by atoms with Gasteiger partial charge in [-0.25, -0.2) is 0 Å². The van der Waals surface area contributed by atoms with E-state index >= 15 is 0 Å². The van der Waals surface area contributed by atoms with E-state index in [1.807, 2.05) is 26.0 Å². The van der Waals surface area contributed by atoms with Crippen LogP contribution in [0.2, 0.25) is 0 Å². The Labute approximate surface area is 96.1 Å². The molecule has 0 spiro atoms. The van der Waals surface area contributed by atoms with Gasteiger partial charge in [-0.1, -0.05) is 17.8 Å². The van der Waals surface area contributed by atoms with Crippen LogP contribution in [0.4, 0.5) is 0 Å². The van der Waals surface area contributed by atoms with Crippen molar-refractivity contribution in [3.05, 3.63) is 29.7 Å². The van der Waals surface area contributed by atoms with E-state index in [9.17, 15) is 0 Å². The Kier molecular flexibility index (Phi) is 2.96. The summed E-state index contributed by atoms with van der Waals surface area (Å²) in [7, 11) is 0. The van der Waals surface area contributed by atoms with Crippen LogP contribution in [-0.4, -0.2) is 14.6 Å². The quantitative estimate of drug-likeness (QED) is 0.641. The van der Waals surface area contributed by atoms with Crippen molar-refractivity contribution in [1.82, 2.24) is 14.6 Å². The molecule has 0 aliphatic heterocycles. The summed E-state index contributed by atoms with van der Waals surface area (Å²) in [5.41, 5.74) is 2.80. The van der Waals surface area contributed by atoms with Gasteiger partial charge >= 0.3 is 0 Å². The molecule has 2 aromatic rings. The summed E-state index contributed by atoms with van der Waals surface area (Å²) < 4.78 is 1.79. The Hall–Kier alpha value is -0.276. The fraction of sp³-hybridized carbons (Fsp3) is 0.250. The molecule has 59 valence electrons. The molecule has 0 saturated heterocycles. The number of nitrogens with zero attached hydrogens (tertiary/aromatic N) is 3. The molecule has 4 heteroatoms. The molecule has 0 N–H and O–H groups in total. The molecule has 2 aromatic heterocycles. The molecule has 0 atom stereocenters. The van der Waals surface area contributed by atoms with E-state index in [4.69, 9.17) is 0 Å². The van der Waals surface area contributed by atoms with Crippen molar-refractivity contribution < 1.29 is 32.7 Å². The molecule has 0 aliphatic rings. The minimum absolute atomic E-state index is 0. The van der Waals surface area contributed by atoms with Gasteiger partial charge in [0.25, 0.3) is 0 Å². The summed E-state index contributed by atoms with van der Waals surface area (Å²) in [5, 5.41) is 4.26. The zero-order valence-corrected chi connectivity index (χ0v) is 9.91. The van der Waals surface area contributed by atoms with Crippen LogP contribution < -0.4 is 0 Å². The van der Waals surface area contributed by atoms with E-state index in [-0.39, 0.29) is 32.7 Å². The molecule has 0 unspecified atom stereocenters. The third kappa shape index (κ3) is 1.57. The predicted molar refractivity (Wildman–Crippen MR) is 41.3 cm³/mol. The van der Waals surface area contributed by atoms with Crippen molar-refractivity contribution in [3.63, 3.8) is 0 Å². The standard InChI is InChI=1S/C8H8N3.Y/c1-6-3-4-8-9-5-7(2)11(8)10-6;/h3-4H,1-2H3;/q-1;. The Morgan fingerprint density at radius 2 is 2.08 bits per heavy atom. The molecule has 0 saturated carbocycles. The molecule has 1 radical (unpaired) electrons. The maximum absolute atomic E-state index is 4.26. The minimum Gasteiger partial charge on any atom is -0.434 e. The average Bonchev–Trinajstić information content (AvgIpc) is 2.33. The first-order valence-corrected chi connectivity index (χ1v) is 3.48. The molecule has 0 amide bonds. The zero-order chi connectivity index (χ0) is 7.84. The molecule has 12 heavy (non-hydrogen) atoms. The van der Waals surface area contributed by atoms with Gasteiger partial charge in [-0.3, -0.25) is 0 Å². The smallest absolute Gasteiger partial charge is 0.0551 e. The van der Waals surface area contributed by atoms with Gasteiger partial charge in [0.05, 0.1) is 5.69 Å². The summed E-state index contributed by atoms with van der Waals surface area (Å²) in [6.07, 6.45) is 2.85. The Morgan fingerprint density at radius 3 is 2.83 bits per heavy atom. The van der Waals surface area contributed by atoms with E-state index in [0.29, 0.717) is 0 Å². The van der Waals surface area contributed by atoms with Gasteiger partial charge in [0.15, 0.2) is 0 Å². The largest absolute Gasteiger partial charge is 0.434 e. The van der Waals surface area contributed by atoms with Gasteiger partial charge in [0.2, 0.25) is 0 Å². The maximum Gasteiger partial charge on any atom is 0.0551 e. The van der Waals surface area contributed by atoms with Crippen LogP contribution >= 0.6 is 0 Å². The molecule has 0 aliphatic carbocycles. The first-order valence-electron chi connectivity index (χ1n) is 3.48. The third-order valence-electron chi connectivity index (χ3n) is 1.60. The second-order valence-corrected chi connectivity index (χ2v) is 2.55. The van der Waals surface area contributed by atoms with Crippen molar-refractivity contribution in [2.75, 3.05) is 0 Å². The van der Waals surface area contributed by atoms with Crippen molar-refractivity contribution in [2.24, 2.45) is 0 Å². The van der Waals surface area contributed by atoms with E-state index in [0.717, 1.165) is 17.0 Å². The van der Waals surface area contributed by atoms with Gasteiger partial charge in [0.1, 0.15) is 0 Å². The zero-order valence-electron chi connectivity index (χ0n) is 7.07. The first kappa shape index (κ1) is 9.81. The second-order valence-electron chi connectivity index (χ2n) is 2.55. The summed E-state index contributed by atoms with van der Waals surface area (Å²) in [6, 6.07) is 3.88. The third-order valence-corrected chi connectivity index (χ3v) is 1.60. The Balaban J connectivity index is 0.000000720. The number of imidazole rings is 1. The molecule has 0 aromatic carbocycles. The Morgan fingerprint density at radius 1 is 1.33 bits per heavy atom. The number of fused-ring (bicyclic) bond motifs is 1. The predicted octanol–water partition coefficient (Wildman–Crippen LogP) is 1.14. The van der Waals surface area contributed by atoms with Gasteiger partial charge < -0.3 is 9.50 Å². The van der Waals surface area contributed by atoms with Gasteiger partial charge in [-0.05, 0) is 19.5 Å². The second kappa shape index (κ2) is 3.63. The molecular weight excluding hydrogens is 227 g/mol. The van der Waals surface area contributed by atoms with Gasteiger partial charge in [-0.15, -0.1) is 6.20 Å². The normalized spacial score (nSPS) is 9.83. The minimum atomic E-state index is 0. The molecule has 2 rings (SSSR count). The van der Waals surface area contributed by atoms with Crippen molar-refractivity contribution in [2.45, 2.75) is 13.8 Å². The van der Waals surface area contributed by atoms with E-state index in [2.05, 4.69) is 16.3 Å². The summed E-state index contributed by atoms with van der Waals surface area (Å²) >= 11 is 0. The average molecular weight is 235 g/mol. The molecule has 3 nitrogen and oxygen atoms in total. The van der Waals surface area contributed by atoms with Crippen molar-refractivity contribution in [1.29, 1.82) is 0 Å². The summed E-state index contributed by atoms with van der Waals surface area (Å²) in [6.45, 7) is 3.89. The van der Waals surface area contributed by atoms with Crippen LogP contribution in [0.1, 0.15) is 11.4 Å². The monoisotopic (exact) mass is 235 g/mol. The van der Waals surface area contributed by atoms with E-state index in [1.165, 1.54) is 0 Å². The van der Waals surface area contributed by atoms with Crippen molar-refractivity contribution >= 4 is 5.65 Å².